The molecule has 2 aromatic rings. The monoisotopic (exact) mass is 353 g/mol. The van der Waals surface area contributed by atoms with Gasteiger partial charge in [-0.1, -0.05) is 48.0 Å². The molecule has 2 aromatic carbocycles. The standard InChI is InChI=1S/C17H17ClFNO4/c18-12-6-7-13(14(19)8-12)16(22)15(21)9-20-17(23)24-10-11-4-2-1-3-5-11/h1-8,15-16,21-22H,9-10H2,(H,20,23). The summed E-state index contributed by atoms with van der Waals surface area (Å²) in [6.07, 6.45) is -3.65. The smallest absolute Gasteiger partial charge is 0.407 e. The van der Waals surface area contributed by atoms with Crippen molar-refractivity contribution in [1.29, 1.82) is 0 Å². The molecule has 3 N–H and O–H groups in total. The Bertz CT molecular complexity index is 684. The lowest BCUT2D eigenvalue weighted by molar-refractivity contribution is 0.0164. The predicted molar refractivity (Wildman–Crippen MR) is 87.0 cm³/mol. The van der Waals surface area contributed by atoms with Crippen LogP contribution in [-0.2, 0) is 11.3 Å². The van der Waals surface area contributed by atoms with Crippen LogP contribution in [0.4, 0.5) is 9.18 Å². The fourth-order valence-corrected chi connectivity index (χ4v) is 2.18. The maximum absolute atomic E-state index is 13.7. The zero-order chi connectivity index (χ0) is 17.5. The van der Waals surface area contributed by atoms with E-state index in [0.717, 1.165) is 11.6 Å². The van der Waals surface area contributed by atoms with Crippen LogP contribution in [0, 0.1) is 5.82 Å². The van der Waals surface area contributed by atoms with Crippen molar-refractivity contribution in [2.75, 3.05) is 6.54 Å². The number of rotatable bonds is 6. The second kappa shape index (κ2) is 8.63. The fourth-order valence-electron chi connectivity index (χ4n) is 2.02. The number of alkyl carbamates (subject to hydrolysis) is 1. The highest BCUT2D eigenvalue weighted by atomic mass is 35.5. The zero-order valence-electron chi connectivity index (χ0n) is 12.7. The molecular formula is C17H17ClFNO4. The van der Waals surface area contributed by atoms with Crippen molar-refractivity contribution < 1.29 is 24.1 Å². The number of aliphatic hydroxyl groups excluding tert-OH is 2. The van der Waals surface area contributed by atoms with E-state index in [1.807, 2.05) is 18.2 Å². The van der Waals surface area contributed by atoms with Gasteiger partial charge < -0.3 is 20.3 Å². The Balaban J connectivity index is 1.81. The van der Waals surface area contributed by atoms with Gasteiger partial charge >= 0.3 is 6.09 Å². The van der Waals surface area contributed by atoms with Crippen LogP contribution < -0.4 is 5.32 Å². The molecule has 0 bridgehead atoms. The normalized spacial score (nSPS) is 13.2. The maximum atomic E-state index is 13.7. The van der Waals surface area contributed by atoms with Gasteiger partial charge in [0.1, 0.15) is 24.6 Å². The number of carbonyl (C=O) groups excluding carboxylic acids is 1. The first-order valence-corrected chi connectivity index (χ1v) is 7.61. The highest BCUT2D eigenvalue weighted by Crippen LogP contribution is 2.23. The molecule has 0 spiro atoms. The van der Waals surface area contributed by atoms with Gasteiger partial charge in [-0.3, -0.25) is 0 Å². The number of nitrogens with one attached hydrogen (secondary N) is 1. The van der Waals surface area contributed by atoms with Gasteiger partial charge in [-0.05, 0) is 17.7 Å². The van der Waals surface area contributed by atoms with Gasteiger partial charge in [-0.25, -0.2) is 9.18 Å². The van der Waals surface area contributed by atoms with E-state index < -0.39 is 24.1 Å². The summed E-state index contributed by atoms with van der Waals surface area (Å²) in [5, 5.41) is 22.3. The lowest BCUT2D eigenvalue weighted by Crippen LogP contribution is -2.36. The minimum absolute atomic E-state index is 0.0805. The van der Waals surface area contributed by atoms with Crippen molar-refractivity contribution in [2.45, 2.75) is 18.8 Å². The van der Waals surface area contributed by atoms with Crippen molar-refractivity contribution in [2.24, 2.45) is 0 Å². The van der Waals surface area contributed by atoms with Crippen LogP contribution in [0.15, 0.2) is 48.5 Å². The third-order valence-electron chi connectivity index (χ3n) is 3.31. The quantitative estimate of drug-likeness (QED) is 0.746. The second-order valence-electron chi connectivity index (χ2n) is 5.12. The van der Waals surface area contributed by atoms with Gasteiger partial charge in [-0.15, -0.1) is 0 Å². The number of ether oxygens (including phenoxy) is 1. The van der Waals surface area contributed by atoms with Gasteiger partial charge in [-0.2, -0.15) is 0 Å². The summed E-state index contributed by atoms with van der Waals surface area (Å²) < 4.78 is 18.7. The second-order valence-corrected chi connectivity index (χ2v) is 5.56. The highest BCUT2D eigenvalue weighted by molar-refractivity contribution is 6.30. The molecule has 0 saturated heterocycles. The summed E-state index contributed by atoms with van der Waals surface area (Å²) in [6.45, 7) is -0.214. The lowest BCUT2D eigenvalue weighted by Gasteiger charge is -2.19. The molecule has 2 atom stereocenters. The van der Waals surface area contributed by atoms with E-state index in [2.05, 4.69) is 5.32 Å². The molecule has 5 nitrogen and oxygen atoms in total. The fraction of sp³-hybridized carbons (Fsp3) is 0.235. The van der Waals surface area contributed by atoms with E-state index in [0.29, 0.717) is 0 Å². The molecule has 128 valence electrons. The third-order valence-corrected chi connectivity index (χ3v) is 3.55. The topological polar surface area (TPSA) is 78.8 Å². The van der Waals surface area contributed by atoms with Crippen LogP contribution >= 0.6 is 11.6 Å². The van der Waals surface area contributed by atoms with Gasteiger partial charge in [0.25, 0.3) is 0 Å². The molecule has 24 heavy (non-hydrogen) atoms. The number of hydrogen-bond donors (Lipinski definition) is 3. The minimum Gasteiger partial charge on any atom is -0.445 e. The maximum Gasteiger partial charge on any atom is 0.407 e. The van der Waals surface area contributed by atoms with Crippen LogP contribution in [0.25, 0.3) is 0 Å². The van der Waals surface area contributed by atoms with Gasteiger partial charge in [0.15, 0.2) is 0 Å². The first kappa shape index (κ1) is 18.2. The number of amides is 1. The molecule has 0 aliphatic heterocycles. The number of hydrogen-bond acceptors (Lipinski definition) is 4. The van der Waals surface area contributed by atoms with Gasteiger partial charge in [0.2, 0.25) is 0 Å². The zero-order valence-corrected chi connectivity index (χ0v) is 13.4. The Morgan fingerprint density at radius 2 is 1.92 bits per heavy atom. The highest BCUT2D eigenvalue weighted by Gasteiger charge is 2.22. The molecular weight excluding hydrogens is 337 g/mol. The first-order valence-electron chi connectivity index (χ1n) is 7.23. The average molecular weight is 354 g/mol. The Morgan fingerprint density at radius 3 is 2.58 bits per heavy atom. The Morgan fingerprint density at radius 1 is 1.21 bits per heavy atom. The summed E-state index contributed by atoms with van der Waals surface area (Å²) in [5.74, 6) is -0.735. The van der Waals surface area contributed by atoms with E-state index >= 15 is 0 Å². The van der Waals surface area contributed by atoms with Crippen LogP contribution in [0.3, 0.4) is 0 Å². The average Bonchev–Trinajstić information content (AvgIpc) is 2.58. The lowest BCUT2D eigenvalue weighted by atomic mass is 10.0. The summed E-state index contributed by atoms with van der Waals surface area (Å²) in [7, 11) is 0. The molecule has 0 saturated carbocycles. The molecule has 0 radical (unpaired) electrons. The molecule has 0 aliphatic rings. The van der Waals surface area contributed by atoms with Crippen LogP contribution in [-0.4, -0.2) is 29.0 Å². The largest absolute Gasteiger partial charge is 0.445 e. The number of halogens is 2. The molecule has 0 fully saturated rings. The summed E-state index contributed by atoms with van der Waals surface area (Å²) in [4.78, 5) is 11.6. The van der Waals surface area contributed by atoms with E-state index in [1.165, 1.54) is 12.1 Å². The Labute approximate surface area is 143 Å². The van der Waals surface area contributed by atoms with Crippen molar-refractivity contribution >= 4 is 17.7 Å². The Kier molecular flexibility index (Phi) is 6.54. The van der Waals surface area contributed by atoms with Crippen LogP contribution in [0.2, 0.25) is 5.02 Å². The van der Waals surface area contributed by atoms with E-state index in [9.17, 15) is 19.4 Å². The molecule has 2 rings (SSSR count). The van der Waals surface area contributed by atoms with Gasteiger partial charge in [0, 0.05) is 17.1 Å². The Hall–Kier alpha value is -2.15. The molecule has 0 heterocycles. The van der Waals surface area contributed by atoms with Crippen molar-refractivity contribution in [3.8, 4) is 0 Å². The van der Waals surface area contributed by atoms with Crippen molar-refractivity contribution in [3.05, 3.63) is 70.5 Å². The number of carbonyl (C=O) groups is 1. The number of benzene rings is 2. The molecule has 0 aliphatic carbocycles. The first-order chi connectivity index (χ1) is 11.5. The van der Waals surface area contributed by atoms with Crippen molar-refractivity contribution in [3.63, 3.8) is 0 Å². The molecule has 7 heteroatoms. The predicted octanol–water partition coefficient (Wildman–Crippen LogP) is 2.80. The number of aliphatic hydroxyl groups is 2. The minimum atomic E-state index is -1.50. The molecule has 1 amide bonds. The third kappa shape index (κ3) is 5.19. The van der Waals surface area contributed by atoms with Gasteiger partial charge in [0.05, 0.1) is 0 Å². The van der Waals surface area contributed by atoms with E-state index in [4.69, 9.17) is 16.3 Å². The summed E-state index contributed by atoms with van der Waals surface area (Å²) in [5.41, 5.74) is 0.711. The van der Waals surface area contributed by atoms with Crippen LogP contribution in [0.1, 0.15) is 17.2 Å². The van der Waals surface area contributed by atoms with Crippen LogP contribution in [0.5, 0.6) is 0 Å². The van der Waals surface area contributed by atoms with Crippen molar-refractivity contribution in [1.82, 2.24) is 5.32 Å². The molecule has 2 unspecified atom stereocenters. The molecule has 0 aromatic heterocycles. The summed E-state index contributed by atoms with van der Waals surface area (Å²) >= 11 is 5.63. The van der Waals surface area contributed by atoms with E-state index in [1.54, 1.807) is 12.1 Å². The van der Waals surface area contributed by atoms with E-state index in [-0.39, 0.29) is 23.7 Å². The summed E-state index contributed by atoms with van der Waals surface area (Å²) in [6, 6.07) is 12.8. The SMILES string of the molecule is O=C(NCC(O)C(O)c1ccc(Cl)cc1F)OCc1ccccc1.